The summed E-state index contributed by atoms with van der Waals surface area (Å²) in [4.78, 5) is 29.0. The van der Waals surface area contributed by atoms with E-state index in [0.29, 0.717) is 17.3 Å². The number of halogens is 1. The molecular weight excluding hydrogens is 456 g/mol. The number of rotatable bonds is 5. The SMILES string of the molecule is Cn1ncc2ccc(NC(=O)CCC(=O)N3CCc4sccc4C3c3ccc(Cl)cc3)cc21. The highest BCUT2D eigenvalue weighted by atomic mass is 35.5. The standard InChI is InChI=1S/C25H23ClN4O2S/c1-29-21-14-19(7-4-17(21)15-27-29)28-23(31)8-9-24(32)30-12-10-22-20(11-13-33-22)25(30)16-2-5-18(26)6-3-16/h2-7,11,13-15,25H,8-10,12H2,1H3,(H,28,31). The van der Waals surface area contributed by atoms with Gasteiger partial charge in [-0.3, -0.25) is 14.3 Å². The Balaban J connectivity index is 1.28. The third-order valence-electron chi connectivity index (χ3n) is 6.07. The van der Waals surface area contributed by atoms with Crippen LogP contribution in [0.1, 0.15) is 34.9 Å². The smallest absolute Gasteiger partial charge is 0.224 e. The van der Waals surface area contributed by atoms with Crippen molar-refractivity contribution in [1.82, 2.24) is 14.7 Å². The molecule has 168 valence electrons. The zero-order valence-corrected chi connectivity index (χ0v) is 19.7. The monoisotopic (exact) mass is 478 g/mol. The van der Waals surface area contributed by atoms with Gasteiger partial charge in [0, 0.05) is 47.4 Å². The molecule has 1 unspecified atom stereocenters. The molecular formula is C25H23ClN4O2S. The first kappa shape index (κ1) is 21.7. The Morgan fingerprint density at radius 3 is 2.79 bits per heavy atom. The molecule has 1 atom stereocenters. The van der Waals surface area contributed by atoms with Gasteiger partial charge in [-0.25, -0.2) is 0 Å². The van der Waals surface area contributed by atoms with E-state index in [1.54, 1.807) is 22.2 Å². The first-order valence-corrected chi connectivity index (χ1v) is 12.1. The first-order chi connectivity index (χ1) is 16.0. The van der Waals surface area contributed by atoms with Gasteiger partial charge in [0.05, 0.1) is 17.8 Å². The summed E-state index contributed by atoms with van der Waals surface area (Å²) in [7, 11) is 1.86. The Morgan fingerprint density at radius 2 is 1.97 bits per heavy atom. The molecule has 0 aliphatic carbocycles. The summed E-state index contributed by atoms with van der Waals surface area (Å²) in [6, 6.07) is 15.3. The van der Waals surface area contributed by atoms with Gasteiger partial charge in [-0.15, -0.1) is 11.3 Å². The van der Waals surface area contributed by atoms with Crippen molar-refractivity contribution in [2.24, 2.45) is 7.05 Å². The molecule has 1 aliphatic rings. The maximum absolute atomic E-state index is 13.2. The molecule has 0 saturated heterocycles. The Labute approximate surface area is 200 Å². The van der Waals surface area contributed by atoms with Crippen LogP contribution in [0.25, 0.3) is 10.9 Å². The minimum absolute atomic E-state index is 0.0240. The molecule has 2 amide bonds. The second-order valence-corrected chi connectivity index (χ2v) is 9.62. The molecule has 5 rings (SSSR count). The number of hydrogen-bond acceptors (Lipinski definition) is 4. The third-order valence-corrected chi connectivity index (χ3v) is 7.32. The van der Waals surface area contributed by atoms with Gasteiger partial charge < -0.3 is 10.2 Å². The Morgan fingerprint density at radius 1 is 1.15 bits per heavy atom. The van der Waals surface area contributed by atoms with Crippen molar-refractivity contribution in [3.05, 3.63) is 81.1 Å². The molecule has 8 heteroatoms. The molecule has 0 saturated carbocycles. The summed E-state index contributed by atoms with van der Waals surface area (Å²) >= 11 is 7.81. The van der Waals surface area contributed by atoms with Crippen LogP contribution >= 0.6 is 22.9 Å². The van der Waals surface area contributed by atoms with Crippen LogP contribution in [0.4, 0.5) is 5.69 Å². The fourth-order valence-electron chi connectivity index (χ4n) is 4.40. The van der Waals surface area contributed by atoms with E-state index in [0.717, 1.165) is 28.5 Å². The van der Waals surface area contributed by atoms with Crippen LogP contribution in [0.3, 0.4) is 0 Å². The average Bonchev–Trinajstić information content (AvgIpc) is 3.44. The summed E-state index contributed by atoms with van der Waals surface area (Å²) in [5.74, 6) is -0.204. The van der Waals surface area contributed by atoms with Gasteiger partial charge in [0.25, 0.3) is 0 Å². The van der Waals surface area contributed by atoms with Crippen LogP contribution in [-0.4, -0.2) is 33.0 Å². The fraction of sp³-hybridized carbons (Fsp3) is 0.240. The number of benzene rings is 2. The maximum Gasteiger partial charge on any atom is 0.224 e. The summed E-state index contributed by atoms with van der Waals surface area (Å²) in [6.07, 6.45) is 2.90. The molecule has 0 radical (unpaired) electrons. The number of carbonyl (C=O) groups excluding carboxylic acids is 2. The molecule has 1 N–H and O–H groups in total. The van der Waals surface area contributed by atoms with Crippen molar-refractivity contribution >= 4 is 51.3 Å². The van der Waals surface area contributed by atoms with Crippen molar-refractivity contribution in [1.29, 1.82) is 0 Å². The van der Waals surface area contributed by atoms with Gasteiger partial charge in [0.1, 0.15) is 0 Å². The molecule has 0 spiro atoms. The lowest BCUT2D eigenvalue weighted by atomic mass is 9.93. The Hall–Kier alpha value is -3.16. The quantitative estimate of drug-likeness (QED) is 0.429. The van der Waals surface area contributed by atoms with E-state index in [4.69, 9.17) is 11.6 Å². The highest BCUT2D eigenvalue weighted by Crippen LogP contribution is 2.38. The number of aromatic nitrogens is 2. The van der Waals surface area contributed by atoms with Crippen molar-refractivity contribution < 1.29 is 9.59 Å². The van der Waals surface area contributed by atoms with E-state index in [9.17, 15) is 9.59 Å². The largest absolute Gasteiger partial charge is 0.331 e. The van der Waals surface area contributed by atoms with E-state index in [1.807, 2.05) is 54.4 Å². The van der Waals surface area contributed by atoms with Crippen molar-refractivity contribution in [3.63, 3.8) is 0 Å². The van der Waals surface area contributed by atoms with Crippen LogP contribution in [0.15, 0.2) is 60.1 Å². The second kappa shape index (κ2) is 9.00. The number of thiophene rings is 1. The topological polar surface area (TPSA) is 67.2 Å². The lowest BCUT2D eigenvalue weighted by molar-refractivity contribution is -0.134. The molecule has 6 nitrogen and oxygen atoms in total. The van der Waals surface area contributed by atoms with Gasteiger partial charge in [0.15, 0.2) is 0 Å². The highest BCUT2D eigenvalue weighted by molar-refractivity contribution is 7.10. The number of nitrogens with zero attached hydrogens (tertiary/aromatic N) is 3. The van der Waals surface area contributed by atoms with Crippen LogP contribution in [0.2, 0.25) is 5.02 Å². The summed E-state index contributed by atoms with van der Waals surface area (Å²) < 4.78 is 1.76. The maximum atomic E-state index is 13.2. The van der Waals surface area contributed by atoms with Crippen LogP contribution < -0.4 is 5.32 Å². The van der Waals surface area contributed by atoms with Gasteiger partial charge in [0.2, 0.25) is 11.8 Å². The fourth-order valence-corrected chi connectivity index (χ4v) is 5.43. The zero-order valence-electron chi connectivity index (χ0n) is 18.1. The Bertz CT molecular complexity index is 1330. The molecule has 2 aromatic heterocycles. The molecule has 4 aromatic rings. The molecule has 3 heterocycles. The van der Waals surface area contributed by atoms with E-state index in [2.05, 4.69) is 21.9 Å². The molecule has 0 bridgehead atoms. The zero-order chi connectivity index (χ0) is 22.9. The van der Waals surface area contributed by atoms with Crippen molar-refractivity contribution in [2.75, 3.05) is 11.9 Å². The number of anilines is 1. The number of carbonyl (C=O) groups is 2. The van der Waals surface area contributed by atoms with Gasteiger partial charge in [-0.05, 0) is 59.3 Å². The number of aryl methyl sites for hydroxylation is 1. The van der Waals surface area contributed by atoms with E-state index < -0.39 is 0 Å². The first-order valence-electron chi connectivity index (χ1n) is 10.8. The van der Waals surface area contributed by atoms with E-state index in [-0.39, 0.29) is 30.7 Å². The summed E-state index contributed by atoms with van der Waals surface area (Å²) in [5, 5.41) is 10.9. The number of hydrogen-bond donors (Lipinski definition) is 1. The van der Waals surface area contributed by atoms with Gasteiger partial charge in [-0.1, -0.05) is 23.7 Å². The Kier molecular flexibility index (Phi) is 5.91. The molecule has 1 aliphatic heterocycles. The number of nitrogens with one attached hydrogen (secondary N) is 1. The predicted octanol–water partition coefficient (Wildman–Crippen LogP) is 5.18. The minimum Gasteiger partial charge on any atom is -0.331 e. The van der Waals surface area contributed by atoms with Gasteiger partial charge in [-0.2, -0.15) is 5.10 Å². The molecule has 0 fully saturated rings. The van der Waals surface area contributed by atoms with Crippen molar-refractivity contribution in [2.45, 2.75) is 25.3 Å². The predicted molar refractivity (Wildman–Crippen MR) is 132 cm³/mol. The molecule has 2 aromatic carbocycles. The van der Waals surface area contributed by atoms with Crippen LogP contribution in [0, 0.1) is 0 Å². The van der Waals surface area contributed by atoms with Gasteiger partial charge >= 0.3 is 0 Å². The van der Waals surface area contributed by atoms with E-state index >= 15 is 0 Å². The normalized spacial score (nSPS) is 15.5. The van der Waals surface area contributed by atoms with Crippen LogP contribution in [-0.2, 0) is 23.1 Å². The minimum atomic E-state index is -0.179. The van der Waals surface area contributed by atoms with Crippen LogP contribution in [0.5, 0.6) is 0 Å². The molecule has 33 heavy (non-hydrogen) atoms. The van der Waals surface area contributed by atoms with E-state index in [1.165, 1.54) is 4.88 Å². The number of amides is 2. The number of fused-ring (bicyclic) bond motifs is 2. The second-order valence-electron chi connectivity index (χ2n) is 8.18. The lowest BCUT2D eigenvalue weighted by Crippen LogP contribution is -2.40. The highest BCUT2D eigenvalue weighted by Gasteiger charge is 2.32. The summed E-state index contributed by atoms with van der Waals surface area (Å²) in [5.41, 5.74) is 3.83. The summed E-state index contributed by atoms with van der Waals surface area (Å²) in [6.45, 7) is 0.637. The average molecular weight is 479 g/mol. The lowest BCUT2D eigenvalue weighted by Gasteiger charge is -2.36. The third kappa shape index (κ3) is 4.38. The van der Waals surface area contributed by atoms with Crippen molar-refractivity contribution in [3.8, 4) is 0 Å².